The predicted molar refractivity (Wildman–Crippen MR) is 83.6 cm³/mol. The van der Waals surface area contributed by atoms with Gasteiger partial charge in [0.15, 0.2) is 0 Å². The molecule has 1 amide bonds. The summed E-state index contributed by atoms with van der Waals surface area (Å²) in [5.74, 6) is -0.145. The first-order valence-electron chi connectivity index (χ1n) is 7.19. The molecule has 0 spiro atoms. The third kappa shape index (κ3) is 4.27. The number of nitrogens with one attached hydrogen (secondary N) is 1. The number of hydrogen-bond acceptors (Lipinski definition) is 3. The van der Waals surface area contributed by atoms with E-state index in [0.29, 0.717) is 11.3 Å². The van der Waals surface area contributed by atoms with Crippen molar-refractivity contribution in [2.45, 2.75) is 39.6 Å². The maximum absolute atomic E-state index is 13.1. The fourth-order valence-corrected chi connectivity index (χ4v) is 2.11. The van der Waals surface area contributed by atoms with E-state index in [1.807, 2.05) is 0 Å². The van der Waals surface area contributed by atoms with Gasteiger partial charge in [0.1, 0.15) is 11.4 Å². The average molecular weight is 341 g/mol. The molecule has 1 aromatic heterocycles. The third-order valence-electron chi connectivity index (χ3n) is 3.02. The quantitative estimate of drug-likeness (QED) is 0.863. The molecule has 2 aromatic rings. The van der Waals surface area contributed by atoms with E-state index in [2.05, 4.69) is 10.3 Å². The van der Waals surface area contributed by atoms with Gasteiger partial charge in [-0.2, -0.15) is 0 Å². The Morgan fingerprint density at radius 1 is 1.17 bits per heavy atom. The predicted octanol–water partition coefficient (Wildman–Crippen LogP) is 4.68. The number of imidazole rings is 1. The Bertz CT molecular complexity index is 729. The molecule has 0 aliphatic rings. The van der Waals surface area contributed by atoms with Gasteiger partial charge in [0.05, 0.1) is 11.9 Å². The van der Waals surface area contributed by atoms with E-state index < -0.39 is 18.0 Å². The Morgan fingerprint density at radius 2 is 1.75 bits per heavy atom. The van der Waals surface area contributed by atoms with Gasteiger partial charge in [-0.3, -0.25) is 5.32 Å². The molecule has 1 N–H and O–H groups in total. The zero-order valence-electron chi connectivity index (χ0n) is 13.7. The monoisotopic (exact) mass is 341 g/mol. The van der Waals surface area contributed by atoms with Gasteiger partial charge >= 0.3 is 12.4 Å². The van der Waals surface area contributed by atoms with Gasteiger partial charge in [-0.25, -0.2) is 14.3 Å². The highest BCUT2D eigenvalue weighted by molar-refractivity contribution is 5.85. The topological polar surface area (TPSA) is 56.1 Å². The van der Waals surface area contributed by atoms with Crippen molar-refractivity contribution in [1.82, 2.24) is 9.55 Å². The van der Waals surface area contributed by atoms with Crippen LogP contribution in [0.2, 0.25) is 0 Å². The lowest BCUT2D eigenvalue weighted by Crippen LogP contribution is -2.27. The highest BCUT2D eigenvalue weighted by Crippen LogP contribution is 2.32. The number of carbonyl (C=O) groups is 1. The zero-order chi connectivity index (χ0) is 18.1. The molecule has 0 radical (unpaired) electrons. The molecule has 0 aliphatic heterocycles. The lowest BCUT2D eigenvalue weighted by atomic mass is 10.1. The minimum atomic E-state index is -4.55. The Hall–Kier alpha value is -2.51. The first-order chi connectivity index (χ1) is 11.0. The van der Waals surface area contributed by atoms with E-state index in [1.54, 1.807) is 20.8 Å². The van der Waals surface area contributed by atoms with Crippen LogP contribution in [0.25, 0.3) is 11.3 Å². The number of halogens is 3. The molecular formula is C16H18F3N3O2. The van der Waals surface area contributed by atoms with E-state index >= 15 is 0 Å². The summed E-state index contributed by atoms with van der Waals surface area (Å²) in [5, 5.41) is 2.52. The maximum Gasteiger partial charge on any atom is 0.490 e. The summed E-state index contributed by atoms with van der Waals surface area (Å²) >= 11 is 0. The minimum Gasteiger partial charge on any atom is -0.444 e. The molecule has 0 saturated carbocycles. The van der Waals surface area contributed by atoms with E-state index in [1.165, 1.54) is 37.4 Å². The highest BCUT2D eigenvalue weighted by atomic mass is 19.4. The largest absolute Gasteiger partial charge is 0.490 e. The number of alkyl halides is 3. The number of aryl methyl sites for hydroxylation is 1. The normalized spacial score (nSPS) is 12.1. The summed E-state index contributed by atoms with van der Waals surface area (Å²) in [4.78, 5) is 15.4. The van der Waals surface area contributed by atoms with Crippen LogP contribution in [0.15, 0.2) is 30.5 Å². The highest BCUT2D eigenvalue weighted by Gasteiger charge is 2.35. The Balaban J connectivity index is 2.21. The second-order valence-corrected chi connectivity index (χ2v) is 6.20. The van der Waals surface area contributed by atoms with Crippen molar-refractivity contribution in [3.8, 4) is 11.3 Å². The number of rotatable bonds is 2. The minimum absolute atomic E-state index is 0.0659. The van der Waals surface area contributed by atoms with Crippen molar-refractivity contribution >= 4 is 11.8 Å². The van der Waals surface area contributed by atoms with Crippen LogP contribution in [-0.4, -0.2) is 21.2 Å². The van der Waals surface area contributed by atoms with Crippen molar-refractivity contribution in [2.24, 2.45) is 0 Å². The number of anilines is 1. The van der Waals surface area contributed by atoms with Crippen molar-refractivity contribution in [3.05, 3.63) is 36.3 Å². The summed E-state index contributed by atoms with van der Waals surface area (Å²) in [6, 6.07) is 5.96. The Labute approximate surface area is 137 Å². The van der Waals surface area contributed by atoms with Crippen LogP contribution in [0.5, 0.6) is 0 Å². The number of carbonyl (C=O) groups excluding carboxylic acids is 1. The SMILES string of the molecule is Cc1ncc(-c2ccc(NC(=O)OC(C)(C)C)cc2)n1C(F)(F)F. The van der Waals surface area contributed by atoms with Crippen LogP contribution < -0.4 is 5.32 Å². The van der Waals surface area contributed by atoms with Crippen molar-refractivity contribution < 1.29 is 22.7 Å². The van der Waals surface area contributed by atoms with Gasteiger partial charge in [-0.05, 0) is 39.8 Å². The molecule has 2 rings (SSSR count). The first kappa shape index (κ1) is 17.8. The number of hydrogen-bond donors (Lipinski definition) is 1. The molecule has 8 heteroatoms. The van der Waals surface area contributed by atoms with E-state index in [9.17, 15) is 18.0 Å². The van der Waals surface area contributed by atoms with Crippen molar-refractivity contribution in [2.75, 3.05) is 5.32 Å². The third-order valence-corrected chi connectivity index (χ3v) is 3.02. The molecular weight excluding hydrogens is 323 g/mol. The first-order valence-corrected chi connectivity index (χ1v) is 7.19. The fourth-order valence-electron chi connectivity index (χ4n) is 2.11. The standard InChI is InChI=1S/C16H18F3N3O2/c1-10-20-9-13(22(10)16(17,18)19)11-5-7-12(8-6-11)21-14(23)24-15(2,3)4/h5-9H,1-4H3,(H,21,23). The van der Waals surface area contributed by atoms with Gasteiger partial charge in [-0.15, -0.1) is 13.2 Å². The molecule has 0 saturated heterocycles. The van der Waals surface area contributed by atoms with Gasteiger partial charge in [-0.1, -0.05) is 12.1 Å². The number of amides is 1. The lowest BCUT2D eigenvalue weighted by Gasteiger charge is -2.19. The summed E-state index contributed by atoms with van der Waals surface area (Å²) in [5.41, 5.74) is 0.0510. The van der Waals surface area contributed by atoms with E-state index in [0.717, 1.165) is 0 Å². The van der Waals surface area contributed by atoms with Gasteiger partial charge in [0.25, 0.3) is 0 Å². The number of ether oxygens (including phenoxy) is 1. The second kappa shape index (κ2) is 6.18. The molecule has 0 unspecified atom stereocenters. The lowest BCUT2D eigenvalue weighted by molar-refractivity contribution is -0.203. The van der Waals surface area contributed by atoms with Crippen LogP contribution >= 0.6 is 0 Å². The van der Waals surface area contributed by atoms with Crippen LogP contribution in [0, 0.1) is 6.92 Å². The molecule has 5 nitrogen and oxygen atoms in total. The molecule has 0 atom stereocenters. The fraction of sp³-hybridized carbons (Fsp3) is 0.375. The number of nitrogens with zero attached hydrogens (tertiary/aromatic N) is 2. The molecule has 24 heavy (non-hydrogen) atoms. The van der Waals surface area contributed by atoms with E-state index in [4.69, 9.17) is 4.74 Å². The number of benzene rings is 1. The molecule has 0 bridgehead atoms. The Morgan fingerprint density at radius 3 is 2.25 bits per heavy atom. The average Bonchev–Trinajstić information content (AvgIpc) is 2.79. The van der Waals surface area contributed by atoms with Crippen LogP contribution in [0.3, 0.4) is 0 Å². The van der Waals surface area contributed by atoms with Gasteiger partial charge in [0.2, 0.25) is 0 Å². The zero-order valence-corrected chi connectivity index (χ0v) is 13.7. The van der Waals surface area contributed by atoms with Crippen molar-refractivity contribution in [1.29, 1.82) is 0 Å². The Kier molecular flexibility index (Phi) is 4.59. The summed E-state index contributed by atoms with van der Waals surface area (Å²) in [6.07, 6.45) is -4.02. The van der Waals surface area contributed by atoms with E-state index in [-0.39, 0.29) is 16.1 Å². The smallest absolute Gasteiger partial charge is 0.444 e. The maximum atomic E-state index is 13.1. The van der Waals surface area contributed by atoms with Crippen LogP contribution in [0.1, 0.15) is 26.6 Å². The van der Waals surface area contributed by atoms with Crippen LogP contribution in [-0.2, 0) is 11.0 Å². The molecule has 0 aliphatic carbocycles. The van der Waals surface area contributed by atoms with Gasteiger partial charge < -0.3 is 4.74 Å². The molecule has 1 heterocycles. The molecule has 0 fully saturated rings. The number of aromatic nitrogens is 2. The second-order valence-electron chi connectivity index (χ2n) is 6.20. The summed E-state index contributed by atoms with van der Waals surface area (Å²) in [6.45, 7) is 6.48. The van der Waals surface area contributed by atoms with Crippen LogP contribution in [0.4, 0.5) is 23.7 Å². The molecule has 1 aromatic carbocycles. The summed E-state index contributed by atoms with van der Waals surface area (Å²) in [7, 11) is 0. The molecule has 130 valence electrons. The summed E-state index contributed by atoms with van der Waals surface area (Å²) < 4.78 is 44.6. The van der Waals surface area contributed by atoms with Crippen molar-refractivity contribution in [3.63, 3.8) is 0 Å². The van der Waals surface area contributed by atoms with Gasteiger partial charge in [0, 0.05) is 11.3 Å².